The summed E-state index contributed by atoms with van der Waals surface area (Å²) in [5, 5.41) is 18.8. The van der Waals surface area contributed by atoms with Crippen LogP contribution in [0.1, 0.15) is 26.7 Å². The molecule has 2 rings (SSSR count). The third kappa shape index (κ3) is 3.29. The van der Waals surface area contributed by atoms with Crippen LogP contribution < -0.4 is 0 Å². The van der Waals surface area contributed by atoms with E-state index in [4.69, 9.17) is 0 Å². The molecule has 21 heavy (non-hydrogen) atoms. The first-order chi connectivity index (χ1) is 9.97. The number of nitrogens with zero attached hydrogens (tertiary/aromatic N) is 3. The number of carboxylic acids is 1. The van der Waals surface area contributed by atoms with E-state index in [1.165, 1.54) is 4.90 Å². The molecule has 7 heteroatoms. The summed E-state index contributed by atoms with van der Waals surface area (Å²) in [6.07, 6.45) is 0.298. The first-order valence-electron chi connectivity index (χ1n) is 7.68. The maximum Gasteiger partial charge on any atom is 0.326 e. The molecule has 7 nitrogen and oxygen atoms in total. The lowest BCUT2D eigenvalue weighted by Gasteiger charge is -2.29. The highest BCUT2D eigenvalue weighted by Crippen LogP contribution is 2.23. The topological polar surface area (TPSA) is 84.3 Å². The van der Waals surface area contributed by atoms with Gasteiger partial charge in [0, 0.05) is 32.1 Å². The Morgan fingerprint density at radius 2 is 1.90 bits per heavy atom. The van der Waals surface area contributed by atoms with E-state index in [2.05, 4.69) is 18.7 Å². The number of aliphatic hydroxyl groups excluding tert-OH is 1. The van der Waals surface area contributed by atoms with Crippen LogP contribution in [0, 0.1) is 0 Å². The van der Waals surface area contributed by atoms with Gasteiger partial charge in [-0.1, -0.05) is 13.8 Å². The second kappa shape index (κ2) is 6.62. The molecule has 120 valence electrons. The third-order valence-electron chi connectivity index (χ3n) is 4.57. The molecule has 1 unspecified atom stereocenters. The van der Waals surface area contributed by atoms with Crippen molar-refractivity contribution >= 4 is 12.0 Å². The van der Waals surface area contributed by atoms with Gasteiger partial charge < -0.3 is 20.0 Å². The Hall–Kier alpha value is -1.34. The monoisotopic (exact) mass is 299 g/mol. The van der Waals surface area contributed by atoms with Crippen molar-refractivity contribution in [3.63, 3.8) is 0 Å². The van der Waals surface area contributed by atoms with Crippen LogP contribution in [-0.2, 0) is 4.79 Å². The number of carbonyl (C=O) groups is 2. The molecular weight excluding hydrogens is 274 g/mol. The molecule has 2 fully saturated rings. The molecule has 2 heterocycles. The molecule has 0 aromatic rings. The minimum Gasteiger partial charge on any atom is -0.480 e. The van der Waals surface area contributed by atoms with Crippen LogP contribution in [0.4, 0.5) is 4.79 Å². The van der Waals surface area contributed by atoms with Crippen molar-refractivity contribution in [2.45, 2.75) is 44.9 Å². The van der Waals surface area contributed by atoms with Crippen molar-refractivity contribution in [2.75, 3.05) is 32.7 Å². The number of hydrogen-bond donors (Lipinski definition) is 2. The first kappa shape index (κ1) is 16.0. The van der Waals surface area contributed by atoms with E-state index in [1.807, 2.05) is 0 Å². The molecule has 0 radical (unpaired) electrons. The standard InChI is InChI=1S/C14H25N3O4/c1-3-15(4-2)10-5-6-16(8-10)14(21)17-9-11(18)7-12(17)13(19)20/h10-12,18H,3-9H2,1-2H3,(H,19,20)/t10?,11-,12-/m1/s1. The lowest BCUT2D eigenvalue weighted by molar-refractivity contribution is -0.141. The van der Waals surface area contributed by atoms with Gasteiger partial charge in [0.05, 0.1) is 6.10 Å². The Morgan fingerprint density at radius 3 is 2.48 bits per heavy atom. The van der Waals surface area contributed by atoms with Crippen LogP contribution >= 0.6 is 0 Å². The van der Waals surface area contributed by atoms with Gasteiger partial charge in [-0.25, -0.2) is 9.59 Å². The first-order valence-corrected chi connectivity index (χ1v) is 7.68. The highest BCUT2D eigenvalue weighted by molar-refractivity contribution is 5.83. The number of aliphatic hydroxyl groups is 1. The van der Waals surface area contributed by atoms with E-state index in [1.54, 1.807) is 4.90 Å². The van der Waals surface area contributed by atoms with Crippen molar-refractivity contribution in [3.05, 3.63) is 0 Å². The molecule has 0 saturated carbocycles. The maximum absolute atomic E-state index is 12.5. The fraction of sp³-hybridized carbons (Fsp3) is 0.857. The van der Waals surface area contributed by atoms with Gasteiger partial charge >= 0.3 is 12.0 Å². The summed E-state index contributed by atoms with van der Waals surface area (Å²) >= 11 is 0. The summed E-state index contributed by atoms with van der Waals surface area (Å²) in [6, 6.07) is -0.812. The lowest BCUT2D eigenvalue weighted by Crippen LogP contribution is -2.48. The normalized spacial score (nSPS) is 29.4. The summed E-state index contributed by atoms with van der Waals surface area (Å²) in [5.74, 6) is -1.04. The predicted octanol–water partition coefficient (Wildman–Crippen LogP) is 0.0423. The molecule has 2 amide bonds. The second-order valence-corrected chi connectivity index (χ2v) is 5.79. The van der Waals surface area contributed by atoms with Gasteiger partial charge in [-0.15, -0.1) is 0 Å². The van der Waals surface area contributed by atoms with Crippen molar-refractivity contribution < 1.29 is 19.8 Å². The summed E-state index contributed by atoms with van der Waals surface area (Å²) in [4.78, 5) is 29.1. The average Bonchev–Trinajstić information content (AvgIpc) is 3.06. The number of carbonyl (C=O) groups excluding carboxylic acids is 1. The van der Waals surface area contributed by atoms with Gasteiger partial charge in [0.15, 0.2) is 0 Å². The van der Waals surface area contributed by atoms with Crippen molar-refractivity contribution in [1.29, 1.82) is 0 Å². The summed E-state index contributed by atoms with van der Waals surface area (Å²) in [6.45, 7) is 7.50. The van der Waals surface area contributed by atoms with E-state index in [0.717, 1.165) is 19.5 Å². The summed E-state index contributed by atoms with van der Waals surface area (Å²) < 4.78 is 0. The number of urea groups is 1. The summed E-state index contributed by atoms with van der Waals surface area (Å²) in [5.41, 5.74) is 0. The van der Waals surface area contributed by atoms with Crippen LogP contribution in [-0.4, -0.2) is 87.8 Å². The van der Waals surface area contributed by atoms with E-state index in [-0.39, 0.29) is 19.0 Å². The molecule has 0 spiro atoms. The fourth-order valence-electron chi connectivity index (χ4n) is 3.39. The van der Waals surface area contributed by atoms with Crippen LogP contribution in [0.3, 0.4) is 0 Å². The largest absolute Gasteiger partial charge is 0.480 e. The zero-order valence-corrected chi connectivity index (χ0v) is 12.7. The number of amides is 2. The highest BCUT2D eigenvalue weighted by Gasteiger charge is 2.42. The van der Waals surface area contributed by atoms with Crippen molar-refractivity contribution in [1.82, 2.24) is 14.7 Å². The number of hydrogen-bond acceptors (Lipinski definition) is 4. The van der Waals surface area contributed by atoms with Crippen LogP contribution in [0.15, 0.2) is 0 Å². The highest BCUT2D eigenvalue weighted by atomic mass is 16.4. The quantitative estimate of drug-likeness (QED) is 0.766. The number of aliphatic carboxylic acids is 1. The van der Waals surface area contributed by atoms with Crippen LogP contribution in [0.2, 0.25) is 0 Å². The maximum atomic E-state index is 12.5. The number of carboxylic acid groups (broad SMARTS) is 1. The van der Waals surface area contributed by atoms with Crippen molar-refractivity contribution in [3.8, 4) is 0 Å². The van der Waals surface area contributed by atoms with E-state index in [0.29, 0.717) is 19.1 Å². The molecule has 2 aliphatic rings. The SMILES string of the molecule is CCN(CC)C1CCN(C(=O)N2C[C@H](O)C[C@@H]2C(=O)O)C1. The smallest absolute Gasteiger partial charge is 0.326 e. The molecule has 2 N–H and O–H groups in total. The van der Waals surface area contributed by atoms with Gasteiger partial charge in [0.2, 0.25) is 0 Å². The average molecular weight is 299 g/mol. The third-order valence-corrected chi connectivity index (χ3v) is 4.57. The molecule has 3 atom stereocenters. The number of likely N-dealkylation sites (tertiary alicyclic amines) is 2. The molecular formula is C14H25N3O4. The number of likely N-dealkylation sites (N-methyl/N-ethyl adjacent to an activating group) is 1. The Balaban J connectivity index is 1.99. The van der Waals surface area contributed by atoms with E-state index in [9.17, 15) is 19.8 Å². The van der Waals surface area contributed by atoms with Gasteiger partial charge in [0.25, 0.3) is 0 Å². The van der Waals surface area contributed by atoms with Gasteiger partial charge in [-0.3, -0.25) is 4.90 Å². The van der Waals surface area contributed by atoms with E-state index < -0.39 is 18.1 Å². The lowest BCUT2D eigenvalue weighted by atomic mass is 10.2. The van der Waals surface area contributed by atoms with Crippen molar-refractivity contribution in [2.24, 2.45) is 0 Å². The fourth-order valence-corrected chi connectivity index (χ4v) is 3.39. The summed E-state index contributed by atoms with van der Waals surface area (Å²) in [7, 11) is 0. The van der Waals surface area contributed by atoms with E-state index >= 15 is 0 Å². The zero-order valence-electron chi connectivity index (χ0n) is 12.7. The molecule has 0 bridgehead atoms. The Kier molecular flexibility index (Phi) is 5.05. The van der Waals surface area contributed by atoms with Crippen LogP contribution in [0.5, 0.6) is 0 Å². The minimum atomic E-state index is -1.04. The molecule has 2 saturated heterocycles. The van der Waals surface area contributed by atoms with Gasteiger partial charge in [-0.2, -0.15) is 0 Å². The molecule has 0 aliphatic carbocycles. The van der Waals surface area contributed by atoms with Gasteiger partial charge in [-0.05, 0) is 19.5 Å². The Labute approximate surface area is 125 Å². The van der Waals surface area contributed by atoms with Crippen LogP contribution in [0.25, 0.3) is 0 Å². The molecule has 0 aromatic carbocycles. The minimum absolute atomic E-state index is 0.113. The molecule has 2 aliphatic heterocycles. The Morgan fingerprint density at radius 1 is 1.24 bits per heavy atom. The predicted molar refractivity (Wildman–Crippen MR) is 77.0 cm³/mol. The van der Waals surface area contributed by atoms with Gasteiger partial charge in [0.1, 0.15) is 6.04 Å². The zero-order chi connectivity index (χ0) is 15.6. The number of β-amino-alcohol motifs (C(OH)–C–C–N with tert-alkyl or cyclic N) is 1. The molecule has 0 aromatic heterocycles. The number of rotatable bonds is 4. The second-order valence-electron chi connectivity index (χ2n) is 5.79. The Bertz CT molecular complexity index is 400.